The molecule has 0 saturated carbocycles. The van der Waals surface area contributed by atoms with E-state index in [9.17, 15) is 4.79 Å². The summed E-state index contributed by atoms with van der Waals surface area (Å²) < 4.78 is 4.66. The Bertz CT molecular complexity index is 162. The van der Waals surface area contributed by atoms with Gasteiger partial charge in [-0.15, -0.1) is 6.58 Å². The maximum atomic E-state index is 11.2. The average molecular weight is 203 g/mol. The van der Waals surface area contributed by atoms with Crippen molar-refractivity contribution in [2.24, 2.45) is 0 Å². The van der Waals surface area contributed by atoms with Gasteiger partial charge in [0, 0.05) is 6.54 Å². The van der Waals surface area contributed by atoms with Crippen molar-refractivity contribution >= 4 is 17.7 Å². The monoisotopic (exact) mass is 203 g/mol. The van der Waals surface area contributed by atoms with E-state index in [0.29, 0.717) is 6.54 Å². The SMILES string of the molecule is C=CCNC(CCSC)C(=O)OC. The molecule has 1 atom stereocenters. The Labute approximate surface area is 83.9 Å². The summed E-state index contributed by atoms with van der Waals surface area (Å²) in [5.74, 6) is 0.750. The second kappa shape index (κ2) is 8.13. The zero-order valence-corrected chi connectivity index (χ0v) is 9.02. The maximum Gasteiger partial charge on any atom is 0.322 e. The quantitative estimate of drug-likeness (QED) is 0.496. The van der Waals surface area contributed by atoms with Crippen LogP contribution in [0.5, 0.6) is 0 Å². The molecule has 0 rings (SSSR count). The summed E-state index contributed by atoms with van der Waals surface area (Å²) in [6, 6.07) is -0.199. The van der Waals surface area contributed by atoms with Gasteiger partial charge in [-0.2, -0.15) is 11.8 Å². The molecule has 0 amide bonds. The fourth-order valence-corrected chi connectivity index (χ4v) is 1.38. The molecule has 0 heterocycles. The van der Waals surface area contributed by atoms with E-state index in [4.69, 9.17) is 0 Å². The lowest BCUT2D eigenvalue weighted by Gasteiger charge is -2.14. The van der Waals surface area contributed by atoms with Gasteiger partial charge < -0.3 is 10.1 Å². The zero-order valence-electron chi connectivity index (χ0n) is 8.21. The Hall–Kier alpha value is -0.480. The van der Waals surface area contributed by atoms with Crippen molar-refractivity contribution in [1.82, 2.24) is 5.32 Å². The van der Waals surface area contributed by atoms with Crippen LogP contribution in [0.3, 0.4) is 0 Å². The molecule has 0 spiro atoms. The number of nitrogens with one attached hydrogen (secondary N) is 1. The molecule has 0 aromatic carbocycles. The van der Waals surface area contributed by atoms with E-state index >= 15 is 0 Å². The second-order valence-corrected chi connectivity index (χ2v) is 3.54. The predicted molar refractivity (Wildman–Crippen MR) is 57.0 cm³/mol. The van der Waals surface area contributed by atoms with Gasteiger partial charge in [-0.05, 0) is 18.4 Å². The predicted octanol–water partition coefficient (Wildman–Crippen LogP) is 1.06. The Kier molecular flexibility index (Phi) is 7.83. The van der Waals surface area contributed by atoms with Crippen molar-refractivity contribution in [2.75, 3.05) is 25.7 Å². The van der Waals surface area contributed by atoms with Crippen LogP contribution in [0.25, 0.3) is 0 Å². The third kappa shape index (κ3) is 5.71. The minimum absolute atomic E-state index is 0.198. The van der Waals surface area contributed by atoms with E-state index < -0.39 is 0 Å². The van der Waals surface area contributed by atoms with Gasteiger partial charge in [0.2, 0.25) is 0 Å². The highest BCUT2D eigenvalue weighted by Gasteiger charge is 2.16. The number of rotatable bonds is 7. The maximum absolute atomic E-state index is 11.2. The van der Waals surface area contributed by atoms with E-state index in [1.807, 2.05) is 6.26 Å². The van der Waals surface area contributed by atoms with Crippen LogP contribution in [0.15, 0.2) is 12.7 Å². The van der Waals surface area contributed by atoms with Crippen LogP contribution < -0.4 is 5.32 Å². The standard InChI is InChI=1S/C9H17NO2S/c1-4-6-10-8(5-7-13-3)9(11)12-2/h4,8,10H,1,5-7H2,2-3H3. The third-order valence-corrected chi connectivity index (χ3v) is 2.25. The molecule has 0 radical (unpaired) electrons. The summed E-state index contributed by atoms with van der Waals surface area (Å²) in [4.78, 5) is 11.2. The van der Waals surface area contributed by atoms with E-state index in [1.54, 1.807) is 17.8 Å². The number of carbonyl (C=O) groups is 1. The lowest BCUT2D eigenvalue weighted by atomic mass is 10.2. The van der Waals surface area contributed by atoms with Crippen molar-refractivity contribution in [3.8, 4) is 0 Å². The first kappa shape index (κ1) is 12.5. The van der Waals surface area contributed by atoms with Crippen LogP contribution >= 0.6 is 11.8 Å². The van der Waals surface area contributed by atoms with E-state index in [0.717, 1.165) is 12.2 Å². The molecule has 0 fully saturated rings. The molecule has 0 aromatic rings. The fraction of sp³-hybridized carbons (Fsp3) is 0.667. The van der Waals surface area contributed by atoms with E-state index in [2.05, 4.69) is 16.6 Å². The first-order valence-electron chi connectivity index (χ1n) is 4.17. The normalized spacial score (nSPS) is 12.2. The Morgan fingerprint density at radius 2 is 2.46 bits per heavy atom. The van der Waals surface area contributed by atoms with Crippen molar-refractivity contribution in [2.45, 2.75) is 12.5 Å². The molecule has 1 N–H and O–H groups in total. The fourth-order valence-electron chi connectivity index (χ4n) is 0.907. The van der Waals surface area contributed by atoms with E-state index in [1.165, 1.54) is 7.11 Å². The molecule has 13 heavy (non-hydrogen) atoms. The lowest BCUT2D eigenvalue weighted by molar-refractivity contribution is -0.143. The molecule has 4 heteroatoms. The molecule has 0 aliphatic rings. The van der Waals surface area contributed by atoms with Crippen LogP contribution in [-0.4, -0.2) is 37.7 Å². The molecule has 0 aliphatic carbocycles. The molecule has 0 aliphatic heterocycles. The Morgan fingerprint density at radius 1 is 1.77 bits per heavy atom. The summed E-state index contributed by atoms with van der Waals surface area (Å²) in [6.07, 6.45) is 4.54. The average Bonchev–Trinajstić information content (AvgIpc) is 2.17. The summed E-state index contributed by atoms with van der Waals surface area (Å²) in [6.45, 7) is 4.21. The van der Waals surface area contributed by atoms with Gasteiger partial charge >= 0.3 is 5.97 Å². The topological polar surface area (TPSA) is 38.3 Å². The highest BCUT2D eigenvalue weighted by molar-refractivity contribution is 7.98. The Balaban J connectivity index is 3.86. The lowest BCUT2D eigenvalue weighted by Crippen LogP contribution is -2.38. The van der Waals surface area contributed by atoms with Crippen molar-refractivity contribution in [3.05, 3.63) is 12.7 Å². The molecule has 1 unspecified atom stereocenters. The highest BCUT2D eigenvalue weighted by atomic mass is 32.2. The summed E-state index contributed by atoms with van der Waals surface area (Å²) in [5.41, 5.74) is 0. The number of methoxy groups -OCH3 is 1. The van der Waals surface area contributed by atoms with Crippen LogP contribution in [0.4, 0.5) is 0 Å². The number of thioether (sulfide) groups is 1. The van der Waals surface area contributed by atoms with Gasteiger partial charge in [0.15, 0.2) is 0 Å². The molecule has 3 nitrogen and oxygen atoms in total. The zero-order chi connectivity index (χ0) is 10.1. The smallest absolute Gasteiger partial charge is 0.322 e. The molecule has 0 bridgehead atoms. The minimum atomic E-state index is -0.199. The number of esters is 1. The molecular weight excluding hydrogens is 186 g/mol. The molecule has 0 aromatic heterocycles. The summed E-state index contributed by atoms with van der Waals surface area (Å²) in [7, 11) is 1.41. The van der Waals surface area contributed by atoms with Crippen LogP contribution in [0.1, 0.15) is 6.42 Å². The van der Waals surface area contributed by atoms with Gasteiger partial charge in [-0.1, -0.05) is 6.08 Å². The first-order chi connectivity index (χ1) is 6.26. The van der Waals surface area contributed by atoms with Crippen molar-refractivity contribution in [1.29, 1.82) is 0 Å². The van der Waals surface area contributed by atoms with Gasteiger partial charge in [-0.3, -0.25) is 4.79 Å². The third-order valence-electron chi connectivity index (χ3n) is 1.60. The number of hydrogen-bond donors (Lipinski definition) is 1. The van der Waals surface area contributed by atoms with Crippen LogP contribution in [0, 0.1) is 0 Å². The van der Waals surface area contributed by atoms with Gasteiger partial charge in [-0.25, -0.2) is 0 Å². The van der Waals surface area contributed by atoms with Gasteiger partial charge in [0.05, 0.1) is 7.11 Å². The summed E-state index contributed by atoms with van der Waals surface area (Å²) in [5, 5.41) is 3.05. The van der Waals surface area contributed by atoms with Gasteiger partial charge in [0.25, 0.3) is 0 Å². The largest absolute Gasteiger partial charge is 0.468 e. The number of ether oxygens (including phenoxy) is 1. The van der Waals surface area contributed by atoms with Gasteiger partial charge in [0.1, 0.15) is 6.04 Å². The van der Waals surface area contributed by atoms with Crippen molar-refractivity contribution < 1.29 is 9.53 Å². The number of hydrogen-bond acceptors (Lipinski definition) is 4. The van der Waals surface area contributed by atoms with Crippen molar-refractivity contribution in [3.63, 3.8) is 0 Å². The summed E-state index contributed by atoms with van der Waals surface area (Å²) >= 11 is 1.72. The number of carbonyl (C=O) groups excluding carboxylic acids is 1. The molecular formula is C9H17NO2S. The van der Waals surface area contributed by atoms with E-state index in [-0.39, 0.29) is 12.0 Å². The molecule has 0 saturated heterocycles. The Morgan fingerprint density at radius 3 is 2.92 bits per heavy atom. The highest BCUT2D eigenvalue weighted by Crippen LogP contribution is 2.01. The minimum Gasteiger partial charge on any atom is -0.468 e. The first-order valence-corrected chi connectivity index (χ1v) is 5.56. The second-order valence-electron chi connectivity index (χ2n) is 2.55. The van der Waals surface area contributed by atoms with Crippen LogP contribution in [0.2, 0.25) is 0 Å². The van der Waals surface area contributed by atoms with Crippen LogP contribution in [-0.2, 0) is 9.53 Å². The molecule has 76 valence electrons.